The van der Waals surface area contributed by atoms with Crippen LogP contribution in [-0.2, 0) is 6.54 Å². The zero-order chi connectivity index (χ0) is 23.9. The third kappa shape index (κ3) is 4.79. The number of likely N-dealkylation sites (N-methyl/N-ethyl adjacent to an activating group) is 1. The van der Waals surface area contributed by atoms with Gasteiger partial charge in [0.05, 0.1) is 0 Å². The van der Waals surface area contributed by atoms with Crippen molar-refractivity contribution in [2.24, 2.45) is 11.7 Å². The highest BCUT2D eigenvalue weighted by Crippen LogP contribution is 2.32. The summed E-state index contributed by atoms with van der Waals surface area (Å²) >= 11 is 0. The first kappa shape index (κ1) is 22.9. The fourth-order valence-electron chi connectivity index (χ4n) is 5.68. The monoisotopic (exact) mass is 475 g/mol. The lowest BCUT2D eigenvalue weighted by Gasteiger charge is -2.32. The Labute approximate surface area is 206 Å². The van der Waals surface area contributed by atoms with Crippen LogP contribution in [0.2, 0.25) is 0 Å². The Kier molecular flexibility index (Phi) is 6.20. The summed E-state index contributed by atoms with van der Waals surface area (Å²) in [7, 11) is 2.17. The summed E-state index contributed by atoms with van der Waals surface area (Å²) < 4.78 is 1.97. The van der Waals surface area contributed by atoms with Crippen LogP contribution in [0.5, 0.6) is 0 Å². The van der Waals surface area contributed by atoms with Crippen LogP contribution >= 0.6 is 0 Å². The molecule has 8 heteroatoms. The van der Waals surface area contributed by atoms with Crippen LogP contribution in [0.15, 0.2) is 29.2 Å². The van der Waals surface area contributed by atoms with Gasteiger partial charge in [-0.25, -0.2) is 4.98 Å². The molecule has 3 fully saturated rings. The first-order valence-electron chi connectivity index (χ1n) is 13.3. The average Bonchev–Trinajstić information content (AvgIpc) is 3.70. The smallest absolute Gasteiger partial charge is 0.260 e. The molecule has 8 nitrogen and oxygen atoms in total. The van der Waals surface area contributed by atoms with Crippen LogP contribution in [0.25, 0.3) is 21.8 Å². The summed E-state index contributed by atoms with van der Waals surface area (Å²) in [5.41, 5.74) is 8.22. The second-order valence-electron chi connectivity index (χ2n) is 11.0. The van der Waals surface area contributed by atoms with Crippen LogP contribution in [0.4, 0.5) is 5.95 Å². The van der Waals surface area contributed by atoms with Gasteiger partial charge in [-0.1, -0.05) is 12.1 Å². The van der Waals surface area contributed by atoms with Gasteiger partial charge in [-0.2, -0.15) is 4.98 Å². The minimum Gasteiger partial charge on any atom is -0.354 e. The second kappa shape index (κ2) is 9.48. The molecule has 0 amide bonds. The Hall–Kier alpha value is -2.55. The van der Waals surface area contributed by atoms with Crippen LogP contribution in [0.1, 0.15) is 50.1 Å². The van der Waals surface area contributed by atoms with Gasteiger partial charge in [0.2, 0.25) is 5.95 Å². The third-order valence-electron chi connectivity index (χ3n) is 8.17. The Morgan fingerprint density at radius 2 is 1.77 bits per heavy atom. The predicted molar refractivity (Wildman–Crippen MR) is 141 cm³/mol. The molecular weight excluding hydrogens is 438 g/mol. The molecule has 1 aromatic carbocycles. The number of anilines is 1. The van der Waals surface area contributed by atoms with Crippen molar-refractivity contribution in [3.63, 3.8) is 0 Å². The largest absolute Gasteiger partial charge is 0.354 e. The topological polar surface area (TPSA) is 92.3 Å². The molecular formula is C27H37N7O. The van der Waals surface area contributed by atoms with E-state index in [0.717, 1.165) is 92.7 Å². The highest BCUT2D eigenvalue weighted by atomic mass is 16.1. The molecule has 3 heterocycles. The maximum atomic E-state index is 14.0. The molecule has 2 saturated carbocycles. The lowest BCUT2D eigenvalue weighted by Crippen LogP contribution is -2.43. The van der Waals surface area contributed by atoms with Crippen molar-refractivity contribution in [2.45, 2.75) is 57.2 Å². The number of aromatic nitrogens is 3. The van der Waals surface area contributed by atoms with Crippen molar-refractivity contribution in [3.05, 3.63) is 40.3 Å². The molecule has 3 N–H and O–H groups in total. The number of nitrogens with one attached hydrogen (secondary N) is 1. The number of hydrogen-bond donors (Lipinski definition) is 2. The van der Waals surface area contributed by atoms with E-state index in [1.165, 1.54) is 18.4 Å². The third-order valence-corrected chi connectivity index (χ3v) is 8.17. The fraction of sp³-hybridized carbons (Fsp3) is 0.593. The van der Waals surface area contributed by atoms with Gasteiger partial charge >= 0.3 is 0 Å². The molecule has 1 saturated heterocycles. The number of rotatable bonds is 6. The molecule has 0 bridgehead atoms. The van der Waals surface area contributed by atoms with Crippen molar-refractivity contribution in [2.75, 3.05) is 45.1 Å². The SMILES string of the molecule is CN1CCN(Cc2ccc3c(c2)c(=O)n([C@H]2CC[C@H](N)CC2)c2nc(NCC4CC4)ncc32)CC1. The number of piperazine rings is 1. The van der Waals surface area contributed by atoms with Gasteiger partial charge in [-0.15, -0.1) is 0 Å². The lowest BCUT2D eigenvalue weighted by molar-refractivity contribution is 0.148. The van der Waals surface area contributed by atoms with Gasteiger partial charge in [-0.3, -0.25) is 14.3 Å². The normalized spacial score (nSPS) is 24.3. The molecule has 2 aromatic heterocycles. The van der Waals surface area contributed by atoms with Gasteiger partial charge in [0.1, 0.15) is 5.65 Å². The summed E-state index contributed by atoms with van der Waals surface area (Å²) in [6.07, 6.45) is 8.17. The van der Waals surface area contributed by atoms with E-state index in [1.807, 2.05) is 10.8 Å². The molecule has 3 aromatic rings. The van der Waals surface area contributed by atoms with E-state index in [1.54, 1.807) is 0 Å². The van der Waals surface area contributed by atoms with Gasteiger partial charge in [0.25, 0.3) is 5.56 Å². The number of fused-ring (bicyclic) bond motifs is 3. The van der Waals surface area contributed by atoms with Crippen molar-refractivity contribution >= 4 is 27.8 Å². The Morgan fingerprint density at radius 3 is 2.51 bits per heavy atom. The standard InChI is InChI=1S/C27H37N7O/c1-32-10-12-33(13-11-32)17-19-4-9-22-23(14-19)26(35)34(21-7-5-20(28)6-8-21)25-24(22)16-30-27(31-25)29-15-18-2-3-18/h4,9,14,16,18,20-21H,2-3,5-8,10-13,15,17,28H2,1H3,(H,29,30,31)/t20-,21-. The maximum Gasteiger partial charge on any atom is 0.260 e. The molecule has 0 unspecified atom stereocenters. The van der Waals surface area contributed by atoms with E-state index in [-0.39, 0.29) is 17.6 Å². The summed E-state index contributed by atoms with van der Waals surface area (Å²) in [6, 6.07) is 6.74. The van der Waals surface area contributed by atoms with E-state index in [0.29, 0.717) is 5.95 Å². The zero-order valence-corrected chi connectivity index (χ0v) is 20.7. The van der Waals surface area contributed by atoms with Crippen LogP contribution in [0.3, 0.4) is 0 Å². The van der Waals surface area contributed by atoms with Gasteiger partial charge in [0, 0.05) is 68.3 Å². The van der Waals surface area contributed by atoms with Crippen molar-refractivity contribution in [1.82, 2.24) is 24.3 Å². The predicted octanol–water partition coefficient (Wildman–Crippen LogP) is 2.96. The maximum absolute atomic E-state index is 14.0. The Balaban J connectivity index is 1.42. The summed E-state index contributed by atoms with van der Waals surface area (Å²) in [5, 5.41) is 6.08. The molecule has 186 valence electrons. The van der Waals surface area contributed by atoms with E-state index < -0.39 is 0 Å². The first-order valence-corrected chi connectivity index (χ1v) is 13.3. The van der Waals surface area contributed by atoms with Crippen LogP contribution in [-0.4, -0.2) is 70.1 Å². The van der Waals surface area contributed by atoms with E-state index in [2.05, 4.69) is 45.3 Å². The molecule has 0 atom stereocenters. The molecule has 1 aliphatic heterocycles. The molecule has 3 aliphatic rings. The minimum atomic E-state index is 0.0695. The van der Waals surface area contributed by atoms with Crippen LogP contribution in [0, 0.1) is 5.92 Å². The van der Waals surface area contributed by atoms with Crippen LogP contribution < -0.4 is 16.6 Å². The minimum absolute atomic E-state index is 0.0695. The molecule has 2 aliphatic carbocycles. The highest BCUT2D eigenvalue weighted by molar-refractivity contribution is 6.04. The van der Waals surface area contributed by atoms with Crippen molar-refractivity contribution in [3.8, 4) is 0 Å². The number of benzene rings is 1. The molecule has 0 radical (unpaired) electrons. The highest BCUT2D eigenvalue weighted by Gasteiger charge is 2.26. The number of nitrogens with zero attached hydrogens (tertiary/aromatic N) is 5. The van der Waals surface area contributed by atoms with E-state index in [9.17, 15) is 4.79 Å². The van der Waals surface area contributed by atoms with E-state index in [4.69, 9.17) is 10.7 Å². The Morgan fingerprint density at radius 1 is 1.00 bits per heavy atom. The number of nitrogens with two attached hydrogens (primary N) is 1. The quantitative estimate of drug-likeness (QED) is 0.530. The summed E-state index contributed by atoms with van der Waals surface area (Å²) in [5.74, 6) is 1.35. The first-order chi connectivity index (χ1) is 17.0. The zero-order valence-electron chi connectivity index (χ0n) is 20.7. The summed E-state index contributed by atoms with van der Waals surface area (Å²) in [4.78, 5) is 28.4. The Bertz CT molecular complexity index is 1270. The van der Waals surface area contributed by atoms with Gasteiger partial charge in [-0.05, 0) is 68.5 Å². The lowest BCUT2D eigenvalue weighted by atomic mass is 9.91. The van der Waals surface area contributed by atoms with E-state index >= 15 is 0 Å². The fourth-order valence-corrected chi connectivity index (χ4v) is 5.68. The molecule has 35 heavy (non-hydrogen) atoms. The molecule has 6 rings (SSSR count). The van der Waals surface area contributed by atoms with Gasteiger partial charge < -0.3 is 16.0 Å². The van der Waals surface area contributed by atoms with Crippen molar-refractivity contribution < 1.29 is 0 Å². The van der Waals surface area contributed by atoms with Crippen molar-refractivity contribution in [1.29, 1.82) is 0 Å². The molecule has 0 spiro atoms. The summed E-state index contributed by atoms with van der Waals surface area (Å²) in [6.45, 7) is 6.07. The number of pyridine rings is 1. The number of hydrogen-bond acceptors (Lipinski definition) is 7. The second-order valence-corrected chi connectivity index (χ2v) is 11.0. The average molecular weight is 476 g/mol. The van der Waals surface area contributed by atoms with Gasteiger partial charge in [0.15, 0.2) is 0 Å².